The molecule has 0 aromatic heterocycles. The average molecular weight is 371 g/mol. The van der Waals surface area contributed by atoms with Crippen LogP contribution in [-0.4, -0.2) is 35.8 Å². The van der Waals surface area contributed by atoms with Crippen molar-refractivity contribution in [3.8, 4) is 0 Å². The molecule has 2 aromatic rings. The Balaban J connectivity index is 2.00. The van der Waals surface area contributed by atoms with E-state index < -0.39 is 11.2 Å². The van der Waals surface area contributed by atoms with Crippen molar-refractivity contribution >= 4 is 35.1 Å². The van der Waals surface area contributed by atoms with E-state index in [1.807, 2.05) is 31.2 Å². The molecular formula is C20H21NO4S. The van der Waals surface area contributed by atoms with Crippen molar-refractivity contribution in [2.45, 2.75) is 18.6 Å². The molecule has 0 radical (unpaired) electrons. The number of hydrogen-bond acceptors (Lipinski definition) is 5. The van der Waals surface area contributed by atoms with Crippen LogP contribution in [0.3, 0.4) is 0 Å². The molecule has 0 aliphatic rings. The zero-order valence-electron chi connectivity index (χ0n) is 14.7. The van der Waals surface area contributed by atoms with Crippen molar-refractivity contribution in [1.82, 2.24) is 0 Å². The van der Waals surface area contributed by atoms with Gasteiger partial charge in [0.1, 0.15) is 0 Å². The molecule has 0 fully saturated rings. The largest absolute Gasteiger partial charge is 0.469 e. The van der Waals surface area contributed by atoms with E-state index in [1.165, 1.54) is 7.11 Å². The normalized spacial score (nSPS) is 11.5. The molecule has 1 atom stereocenters. The van der Waals surface area contributed by atoms with Crippen LogP contribution >= 0.6 is 11.8 Å². The average Bonchev–Trinajstić information content (AvgIpc) is 2.65. The summed E-state index contributed by atoms with van der Waals surface area (Å²) in [5.41, 5.74) is 2.25. The first kappa shape index (κ1) is 19.7. The molecule has 1 unspecified atom stereocenters. The van der Waals surface area contributed by atoms with Crippen LogP contribution in [0.1, 0.15) is 22.3 Å². The number of benzene rings is 2. The molecule has 2 rings (SSSR count). The molecule has 1 N–H and O–H groups in total. The molecule has 0 aliphatic heterocycles. The van der Waals surface area contributed by atoms with Crippen molar-refractivity contribution in [3.05, 3.63) is 65.7 Å². The van der Waals surface area contributed by atoms with Gasteiger partial charge in [0.2, 0.25) is 5.91 Å². The zero-order valence-corrected chi connectivity index (χ0v) is 15.5. The summed E-state index contributed by atoms with van der Waals surface area (Å²) >= 11 is 1.14. The number of rotatable bonds is 8. The van der Waals surface area contributed by atoms with E-state index in [4.69, 9.17) is 0 Å². The Bertz CT molecular complexity index is 776. The second-order valence-electron chi connectivity index (χ2n) is 5.73. The summed E-state index contributed by atoms with van der Waals surface area (Å²) in [7, 11) is 1.28. The molecular weight excluding hydrogens is 350 g/mol. The fourth-order valence-corrected chi connectivity index (χ4v) is 3.31. The Kier molecular flexibility index (Phi) is 7.41. The molecule has 6 heteroatoms. The van der Waals surface area contributed by atoms with E-state index in [-0.39, 0.29) is 23.9 Å². The summed E-state index contributed by atoms with van der Waals surface area (Å²) in [5.74, 6) is -0.833. The number of nitrogens with one attached hydrogen (secondary N) is 1. The Morgan fingerprint density at radius 1 is 1.08 bits per heavy atom. The minimum atomic E-state index is -0.673. The summed E-state index contributed by atoms with van der Waals surface area (Å²) < 4.78 is 4.68. The van der Waals surface area contributed by atoms with Gasteiger partial charge >= 0.3 is 5.97 Å². The summed E-state index contributed by atoms with van der Waals surface area (Å²) in [5, 5.41) is 2.12. The van der Waals surface area contributed by atoms with Gasteiger partial charge in [-0.05, 0) is 24.6 Å². The van der Waals surface area contributed by atoms with E-state index in [0.717, 1.165) is 17.3 Å². The molecule has 2 aromatic carbocycles. The first-order chi connectivity index (χ1) is 12.5. The number of hydrogen-bond donors (Lipinski definition) is 1. The number of amides is 1. The van der Waals surface area contributed by atoms with Crippen LogP contribution in [0.15, 0.2) is 54.6 Å². The van der Waals surface area contributed by atoms with Gasteiger partial charge in [0.15, 0.2) is 5.78 Å². The maximum atomic E-state index is 12.7. The molecule has 0 saturated carbocycles. The number of carbonyl (C=O) groups excluding carboxylic acids is 3. The first-order valence-corrected chi connectivity index (χ1v) is 9.18. The van der Waals surface area contributed by atoms with Gasteiger partial charge in [0.05, 0.1) is 24.5 Å². The van der Waals surface area contributed by atoms with Crippen LogP contribution in [-0.2, 0) is 14.3 Å². The monoisotopic (exact) mass is 371 g/mol. The van der Waals surface area contributed by atoms with Gasteiger partial charge < -0.3 is 10.1 Å². The molecule has 0 heterocycles. The molecule has 5 nitrogen and oxygen atoms in total. The van der Waals surface area contributed by atoms with Gasteiger partial charge in [-0.2, -0.15) is 0 Å². The van der Waals surface area contributed by atoms with Gasteiger partial charge in [0.25, 0.3) is 0 Å². The topological polar surface area (TPSA) is 72.5 Å². The number of aryl methyl sites for hydroxylation is 1. The van der Waals surface area contributed by atoms with Crippen molar-refractivity contribution in [1.29, 1.82) is 0 Å². The van der Waals surface area contributed by atoms with E-state index in [0.29, 0.717) is 11.3 Å². The standard InChI is InChI=1S/C20H21NO4S/c1-14-7-6-10-16(11-14)21-18(22)13-26-17(12-19(23)25-2)20(24)15-8-4-3-5-9-15/h3-11,17H,12-13H2,1-2H3,(H,21,22). The molecule has 0 spiro atoms. The minimum absolute atomic E-state index is 0.0637. The Hall–Kier alpha value is -2.60. The maximum absolute atomic E-state index is 12.7. The predicted molar refractivity (Wildman–Crippen MR) is 103 cm³/mol. The lowest BCUT2D eigenvalue weighted by atomic mass is 10.1. The zero-order chi connectivity index (χ0) is 18.9. The second kappa shape index (κ2) is 9.77. The fourth-order valence-electron chi connectivity index (χ4n) is 2.35. The summed E-state index contributed by atoms with van der Waals surface area (Å²) in [6, 6.07) is 16.2. The maximum Gasteiger partial charge on any atom is 0.307 e. The molecule has 136 valence electrons. The highest BCUT2D eigenvalue weighted by atomic mass is 32.2. The molecule has 0 aliphatic carbocycles. The van der Waals surface area contributed by atoms with Crippen LogP contribution in [0.4, 0.5) is 5.69 Å². The molecule has 26 heavy (non-hydrogen) atoms. The van der Waals surface area contributed by atoms with Gasteiger partial charge in [-0.15, -0.1) is 11.8 Å². The van der Waals surface area contributed by atoms with Crippen molar-refractivity contribution in [2.75, 3.05) is 18.2 Å². The van der Waals surface area contributed by atoms with Gasteiger partial charge in [-0.25, -0.2) is 0 Å². The quantitative estimate of drug-likeness (QED) is 0.568. The number of thioether (sulfide) groups is 1. The van der Waals surface area contributed by atoms with Gasteiger partial charge in [-0.1, -0.05) is 42.5 Å². The van der Waals surface area contributed by atoms with Crippen molar-refractivity contribution in [2.24, 2.45) is 0 Å². The van der Waals surface area contributed by atoms with E-state index in [1.54, 1.807) is 30.3 Å². The number of ether oxygens (including phenoxy) is 1. The summed E-state index contributed by atoms with van der Waals surface area (Å²) in [6.45, 7) is 1.94. The first-order valence-electron chi connectivity index (χ1n) is 8.14. The number of carbonyl (C=O) groups is 3. The number of anilines is 1. The summed E-state index contributed by atoms with van der Waals surface area (Å²) in [4.78, 5) is 36.5. The van der Waals surface area contributed by atoms with E-state index >= 15 is 0 Å². The number of ketones is 1. The fraction of sp³-hybridized carbons (Fsp3) is 0.250. The highest BCUT2D eigenvalue weighted by molar-refractivity contribution is 8.01. The van der Waals surface area contributed by atoms with Gasteiger partial charge in [0, 0.05) is 11.3 Å². The number of Topliss-reactive ketones (excluding diaryl/α,β-unsaturated/α-hetero) is 1. The Morgan fingerprint density at radius 2 is 1.81 bits per heavy atom. The molecule has 0 bridgehead atoms. The third-order valence-corrected chi connectivity index (χ3v) is 4.86. The lowest BCUT2D eigenvalue weighted by Crippen LogP contribution is -2.25. The van der Waals surface area contributed by atoms with Crippen molar-refractivity contribution in [3.63, 3.8) is 0 Å². The van der Waals surface area contributed by atoms with Crippen LogP contribution < -0.4 is 5.32 Å². The van der Waals surface area contributed by atoms with Crippen molar-refractivity contribution < 1.29 is 19.1 Å². The minimum Gasteiger partial charge on any atom is -0.469 e. The predicted octanol–water partition coefficient (Wildman–Crippen LogP) is 3.48. The molecule has 1 amide bonds. The van der Waals surface area contributed by atoms with Gasteiger partial charge in [-0.3, -0.25) is 14.4 Å². The highest BCUT2D eigenvalue weighted by Gasteiger charge is 2.25. The van der Waals surface area contributed by atoms with E-state index in [2.05, 4.69) is 10.1 Å². The smallest absolute Gasteiger partial charge is 0.307 e. The van der Waals surface area contributed by atoms with Crippen LogP contribution in [0.5, 0.6) is 0 Å². The Morgan fingerprint density at radius 3 is 2.46 bits per heavy atom. The molecule has 0 saturated heterocycles. The van der Waals surface area contributed by atoms with E-state index in [9.17, 15) is 14.4 Å². The SMILES string of the molecule is COC(=O)CC(SCC(=O)Nc1cccc(C)c1)C(=O)c1ccccc1. The third kappa shape index (κ3) is 6.04. The Labute approximate surface area is 157 Å². The number of esters is 1. The number of methoxy groups -OCH3 is 1. The van der Waals surface area contributed by atoms with Crippen LogP contribution in [0.2, 0.25) is 0 Å². The highest BCUT2D eigenvalue weighted by Crippen LogP contribution is 2.21. The third-order valence-electron chi connectivity index (χ3n) is 3.65. The lowest BCUT2D eigenvalue weighted by Gasteiger charge is -2.14. The lowest BCUT2D eigenvalue weighted by molar-refractivity contribution is -0.140. The van der Waals surface area contributed by atoms with Crippen LogP contribution in [0, 0.1) is 6.92 Å². The van der Waals surface area contributed by atoms with Crippen LogP contribution in [0.25, 0.3) is 0 Å². The summed E-state index contributed by atoms with van der Waals surface area (Å²) in [6.07, 6.45) is -0.0768. The second-order valence-corrected chi connectivity index (χ2v) is 6.92.